The summed E-state index contributed by atoms with van der Waals surface area (Å²) in [5.74, 6) is -0.124. The molecule has 0 fully saturated rings. The van der Waals surface area contributed by atoms with E-state index >= 15 is 0 Å². The summed E-state index contributed by atoms with van der Waals surface area (Å²) in [6.07, 6.45) is 5.42. The van der Waals surface area contributed by atoms with Crippen molar-refractivity contribution in [2.24, 2.45) is 0 Å². The second-order valence-corrected chi connectivity index (χ2v) is 5.41. The molecular weight excluding hydrogens is 324 g/mol. The molecule has 0 spiro atoms. The van der Waals surface area contributed by atoms with Gasteiger partial charge in [0.05, 0.1) is 22.7 Å². The maximum absolute atomic E-state index is 11.8. The van der Waals surface area contributed by atoms with E-state index in [4.69, 9.17) is 11.6 Å². The third-order valence-corrected chi connectivity index (χ3v) is 3.51. The summed E-state index contributed by atoms with van der Waals surface area (Å²) in [6.45, 7) is 3.10. The molecule has 1 amide bonds. The van der Waals surface area contributed by atoms with Gasteiger partial charge in [-0.3, -0.25) is 24.3 Å². The fraction of sp³-hybridized carbons (Fsp3) is 0.462. The van der Waals surface area contributed by atoms with Gasteiger partial charge in [0.1, 0.15) is 11.9 Å². The Morgan fingerprint density at radius 1 is 1.39 bits per heavy atom. The zero-order valence-electron chi connectivity index (χ0n) is 12.6. The number of nitrogens with zero attached hydrogens (tertiary/aromatic N) is 5. The van der Waals surface area contributed by atoms with Gasteiger partial charge in [-0.2, -0.15) is 10.2 Å². The van der Waals surface area contributed by atoms with Gasteiger partial charge in [-0.15, -0.1) is 0 Å². The number of aryl methyl sites for hydroxylation is 2. The van der Waals surface area contributed by atoms with Crippen LogP contribution in [0.1, 0.15) is 18.5 Å². The smallest absolute Gasteiger partial charge is 0.309 e. The lowest BCUT2D eigenvalue weighted by atomic mass is 10.3. The summed E-state index contributed by atoms with van der Waals surface area (Å²) in [5, 5.41) is 22.1. The van der Waals surface area contributed by atoms with E-state index in [1.54, 1.807) is 24.0 Å². The zero-order chi connectivity index (χ0) is 16.8. The van der Waals surface area contributed by atoms with E-state index in [1.807, 2.05) is 0 Å². The number of carbonyl (C=O) groups excluding carboxylic acids is 1. The van der Waals surface area contributed by atoms with Crippen molar-refractivity contribution in [1.82, 2.24) is 24.9 Å². The first-order valence-corrected chi connectivity index (χ1v) is 7.46. The van der Waals surface area contributed by atoms with E-state index in [2.05, 4.69) is 15.5 Å². The normalized spacial score (nSPS) is 10.7. The fourth-order valence-corrected chi connectivity index (χ4v) is 2.22. The molecule has 0 saturated carbocycles. The van der Waals surface area contributed by atoms with Crippen LogP contribution in [-0.2, 0) is 17.9 Å². The van der Waals surface area contributed by atoms with E-state index in [-0.39, 0.29) is 18.0 Å². The molecule has 0 unspecified atom stereocenters. The molecule has 124 valence electrons. The molecule has 10 heteroatoms. The Bertz CT molecular complexity index is 696. The van der Waals surface area contributed by atoms with Gasteiger partial charge in [0.15, 0.2) is 0 Å². The quantitative estimate of drug-likeness (QED) is 0.445. The van der Waals surface area contributed by atoms with Crippen LogP contribution in [0.5, 0.6) is 0 Å². The predicted molar refractivity (Wildman–Crippen MR) is 83.1 cm³/mol. The molecule has 0 aromatic carbocycles. The molecular formula is C13H17ClN6O3. The minimum Gasteiger partial charge on any atom is -0.356 e. The molecule has 9 nitrogen and oxygen atoms in total. The van der Waals surface area contributed by atoms with Crippen molar-refractivity contribution in [1.29, 1.82) is 0 Å². The van der Waals surface area contributed by atoms with E-state index < -0.39 is 4.92 Å². The van der Waals surface area contributed by atoms with Crippen LogP contribution in [0.3, 0.4) is 0 Å². The highest BCUT2D eigenvalue weighted by Gasteiger charge is 2.16. The summed E-state index contributed by atoms with van der Waals surface area (Å²) in [4.78, 5) is 22.0. The molecule has 23 heavy (non-hydrogen) atoms. The largest absolute Gasteiger partial charge is 0.356 e. The van der Waals surface area contributed by atoms with E-state index in [1.165, 1.54) is 10.9 Å². The Labute approximate surface area is 137 Å². The summed E-state index contributed by atoms with van der Waals surface area (Å²) < 4.78 is 3.17. The number of nitro groups is 1. The number of aromatic nitrogens is 4. The van der Waals surface area contributed by atoms with Crippen molar-refractivity contribution in [3.8, 4) is 0 Å². The molecule has 2 aromatic rings. The molecule has 0 aliphatic heterocycles. The lowest BCUT2D eigenvalue weighted by Gasteiger charge is -2.06. The van der Waals surface area contributed by atoms with Crippen LogP contribution in [-0.4, -0.2) is 36.9 Å². The molecule has 0 radical (unpaired) electrons. The van der Waals surface area contributed by atoms with E-state index in [9.17, 15) is 14.9 Å². The Balaban J connectivity index is 1.68. The fourth-order valence-electron chi connectivity index (χ4n) is 2.07. The average Bonchev–Trinajstić information content (AvgIpc) is 3.07. The minimum absolute atomic E-state index is 0.0386. The van der Waals surface area contributed by atoms with Gasteiger partial charge in [-0.05, 0) is 13.3 Å². The summed E-state index contributed by atoms with van der Waals surface area (Å²) in [5.41, 5.74) is 0.404. The maximum Gasteiger partial charge on any atom is 0.309 e. The highest BCUT2D eigenvalue weighted by atomic mass is 35.5. The van der Waals surface area contributed by atoms with Crippen LogP contribution in [0.2, 0.25) is 5.02 Å². The third-order valence-electron chi connectivity index (χ3n) is 3.31. The summed E-state index contributed by atoms with van der Waals surface area (Å²) in [6, 6.07) is 0. The molecule has 2 rings (SSSR count). The SMILES string of the molecule is Cc1c([N+](=O)[O-])cnn1CCC(=O)NCCCn1cc(Cl)cn1. The molecule has 1 N–H and O–H groups in total. The second kappa shape index (κ2) is 7.73. The Hall–Kier alpha value is -2.42. The Morgan fingerprint density at radius 3 is 2.78 bits per heavy atom. The van der Waals surface area contributed by atoms with Crippen LogP contribution in [0.15, 0.2) is 18.6 Å². The van der Waals surface area contributed by atoms with Crippen LogP contribution in [0.4, 0.5) is 5.69 Å². The zero-order valence-corrected chi connectivity index (χ0v) is 13.4. The van der Waals surface area contributed by atoms with Crippen molar-refractivity contribution < 1.29 is 9.72 Å². The molecule has 0 bridgehead atoms. The molecule has 0 aliphatic rings. The second-order valence-electron chi connectivity index (χ2n) is 4.97. The monoisotopic (exact) mass is 340 g/mol. The van der Waals surface area contributed by atoms with Gasteiger partial charge in [0, 0.05) is 25.7 Å². The van der Waals surface area contributed by atoms with Crippen LogP contribution in [0.25, 0.3) is 0 Å². The van der Waals surface area contributed by atoms with Crippen LogP contribution >= 0.6 is 11.6 Å². The average molecular weight is 341 g/mol. The van der Waals surface area contributed by atoms with Crippen LogP contribution in [0, 0.1) is 17.0 Å². The molecule has 0 aliphatic carbocycles. The first-order chi connectivity index (χ1) is 11.0. The van der Waals surface area contributed by atoms with Crippen LogP contribution < -0.4 is 5.32 Å². The predicted octanol–water partition coefficient (Wildman–Crippen LogP) is 1.55. The van der Waals surface area contributed by atoms with Crippen molar-refractivity contribution in [3.05, 3.63) is 39.4 Å². The highest BCUT2D eigenvalue weighted by molar-refractivity contribution is 6.30. The van der Waals surface area contributed by atoms with Crippen molar-refractivity contribution in [2.45, 2.75) is 32.9 Å². The first kappa shape index (κ1) is 16.9. The van der Waals surface area contributed by atoms with Gasteiger partial charge < -0.3 is 5.32 Å². The van der Waals surface area contributed by atoms with Crippen molar-refractivity contribution in [2.75, 3.05) is 6.54 Å². The number of hydrogen-bond donors (Lipinski definition) is 1. The Morgan fingerprint density at radius 2 is 2.17 bits per heavy atom. The number of amides is 1. The lowest BCUT2D eigenvalue weighted by Crippen LogP contribution is -2.26. The van der Waals surface area contributed by atoms with Gasteiger partial charge in [0.2, 0.25) is 5.91 Å². The van der Waals surface area contributed by atoms with Crippen molar-refractivity contribution >= 4 is 23.2 Å². The maximum atomic E-state index is 11.8. The third kappa shape index (κ3) is 4.78. The number of hydrogen-bond acceptors (Lipinski definition) is 5. The molecule has 0 saturated heterocycles. The number of nitrogens with one attached hydrogen (secondary N) is 1. The Kier molecular flexibility index (Phi) is 5.69. The standard InChI is InChI=1S/C13H17ClN6O3/c1-10-12(20(22)23)8-17-19(10)6-3-13(21)15-4-2-5-18-9-11(14)7-16-18/h7-9H,2-6H2,1H3,(H,15,21). The lowest BCUT2D eigenvalue weighted by molar-refractivity contribution is -0.385. The van der Waals surface area contributed by atoms with E-state index in [0.29, 0.717) is 30.4 Å². The van der Waals surface area contributed by atoms with Crippen molar-refractivity contribution in [3.63, 3.8) is 0 Å². The molecule has 2 aromatic heterocycles. The van der Waals surface area contributed by atoms with Gasteiger partial charge in [-0.1, -0.05) is 11.6 Å². The molecule has 2 heterocycles. The van der Waals surface area contributed by atoms with Gasteiger partial charge in [0.25, 0.3) is 0 Å². The first-order valence-electron chi connectivity index (χ1n) is 7.09. The number of halogens is 1. The van der Waals surface area contributed by atoms with E-state index in [0.717, 1.165) is 6.42 Å². The van der Waals surface area contributed by atoms with Gasteiger partial charge >= 0.3 is 5.69 Å². The topological polar surface area (TPSA) is 108 Å². The number of rotatable bonds is 8. The number of carbonyl (C=O) groups is 1. The minimum atomic E-state index is -0.486. The molecule has 0 atom stereocenters. The summed E-state index contributed by atoms with van der Waals surface area (Å²) >= 11 is 5.75. The summed E-state index contributed by atoms with van der Waals surface area (Å²) in [7, 11) is 0. The van der Waals surface area contributed by atoms with Gasteiger partial charge in [-0.25, -0.2) is 0 Å². The highest BCUT2D eigenvalue weighted by Crippen LogP contribution is 2.16.